The molecular formula is C34H28ClN. The maximum atomic E-state index is 6.66. The van der Waals surface area contributed by atoms with Gasteiger partial charge in [0.05, 0.1) is 16.7 Å². The Morgan fingerprint density at radius 3 is 1.94 bits per heavy atom. The smallest absolute Gasteiger partial charge is 0.0541 e. The highest BCUT2D eigenvalue weighted by Gasteiger charge is 2.62. The van der Waals surface area contributed by atoms with Crippen molar-refractivity contribution in [3.63, 3.8) is 0 Å². The van der Waals surface area contributed by atoms with Crippen LogP contribution in [0.2, 0.25) is 5.02 Å². The van der Waals surface area contributed by atoms with Crippen LogP contribution in [0.3, 0.4) is 0 Å². The fraction of sp³-hybridized carbons (Fsp3) is 0.294. The molecule has 0 amide bonds. The summed E-state index contributed by atoms with van der Waals surface area (Å²) in [5.74, 6) is 3.31. The Balaban J connectivity index is 1.43. The molecule has 0 aliphatic heterocycles. The van der Waals surface area contributed by atoms with Crippen molar-refractivity contribution < 1.29 is 0 Å². The van der Waals surface area contributed by atoms with Gasteiger partial charge in [0.15, 0.2) is 0 Å². The van der Waals surface area contributed by atoms with Crippen molar-refractivity contribution in [2.75, 3.05) is 0 Å². The Kier molecular flexibility index (Phi) is 3.81. The normalized spacial score (nSPS) is 29.4. The molecule has 5 aromatic rings. The van der Waals surface area contributed by atoms with Gasteiger partial charge < -0.3 is 4.57 Å². The molecule has 0 N–H and O–H groups in total. The summed E-state index contributed by atoms with van der Waals surface area (Å²) in [6.45, 7) is 0. The van der Waals surface area contributed by atoms with Crippen LogP contribution in [0.1, 0.15) is 43.2 Å². The Labute approximate surface area is 216 Å². The fourth-order valence-electron chi connectivity index (χ4n) is 9.58. The summed E-state index contributed by atoms with van der Waals surface area (Å²) < 4.78 is 2.57. The molecule has 4 bridgehead atoms. The first-order valence-corrected chi connectivity index (χ1v) is 14.0. The van der Waals surface area contributed by atoms with Crippen molar-refractivity contribution in [2.45, 2.75) is 37.5 Å². The lowest BCUT2D eigenvalue weighted by Crippen LogP contribution is -2.55. The Hall–Kier alpha value is -3.03. The summed E-state index contributed by atoms with van der Waals surface area (Å²) >= 11 is 6.66. The third-order valence-corrected chi connectivity index (χ3v) is 10.7. The number of aromatic nitrogens is 1. The van der Waals surface area contributed by atoms with E-state index in [4.69, 9.17) is 11.6 Å². The van der Waals surface area contributed by atoms with E-state index in [1.54, 1.807) is 11.1 Å². The highest BCUT2D eigenvalue weighted by molar-refractivity contribution is 6.31. The lowest BCUT2D eigenvalue weighted by Gasteiger charge is -2.61. The van der Waals surface area contributed by atoms with Crippen molar-refractivity contribution >= 4 is 33.4 Å². The molecule has 36 heavy (non-hydrogen) atoms. The second kappa shape index (κ2) is 6.84. The zero-order valence-electron chi connectivity index (χ0n) is 20.3. The molecule has 4 aromatic carbocycles. The van der Waals surface area contributed by atoms with E-state index in [0.29, 0.717) is 0 Å². The maximum Gasteiger partial charge on any atom is 0.0541 e. The monoisotopic (exact) mass is 485 g/mol. The van der Waals surface area contributed by atoms with Crippen LogP contribution in [-0.2, 0) is 5.41 Å². The Morgan fingerprint density at radius 2 is 1.28 bits per heavy atom. The van der Waals surface area contributed by atoms with Crippen LogP contribution >= 0.6 is 11.6 Å². The number of fused-ring (bicyclic) bond motifs is 6. The van der Waals surface area contributed by atoms with E-state index >= 15 is 0 Å². The van der Waals surface area contributed by atoms with Gasteiger partial charge in [-0.25, -0.2) is 0 Å². The third kappa shape index (κ3) is 2.30. The minimum absolute atomic E-state index is 0.103. The number of hydrogen-bond acceptors (Lipinski definition) is 0. The Morgan fingerprint density at radius 1 is 0.639 bits per heavy atom. The van der Waals surface area contributed by atoms with E-state index < -0.39 is 0 Å². The van der Waals surface area contributed by atoms with E-state index in [1.807, 2.05) is 0 Å². The first-order chi connectivity index (χ1) is 17.7. The summed E-state index contributed by atoms with van der Waals surface area (Å²) in [5.41, 5.74) is 10.0. The van der Waals surface area contributed by atoms with E-state index in [2.05, 4.69) is 89.5 Å². The average Bonchev–Trinajstić information content (AvgIpc) is 3.38. The molecule has 0 atom stereocenters. The molecule has 1 spiro atoms. The number of rotatable bonds is 1. The molecular weight excluding hydrogens is 458 g/mol. The third-order valence-electron chi connectivity index (χ3n) is 10.4. The van der Waals surface area contributed by atoms with Crippen molar-refractivity contribution in [1.29, 1.82) is 0 Å². The highest BCUT2D eigenvalue weighted by Crippen LogP contribution is 2.70. The lowest BCUT2D eigenvalue weighted by molar-refractivity contribution is -0.0399. The summed E-state index contributed by atoms with van der Waals surface area (Å²) in [4.78, 5) is 0. The molecule has 5 aliphatic carbocycles. The average molecular weight is 486 g/mol. The van der Waals surface area contributed by atoms with Gasteiger partial charge in [0.1, 0.15) is 0 Å². The highest BCUT2D eigenvalue weighted by atomic mass is 35.5. The van der Waals surface area contributed by atoms with Crippen LogP contribution in [-0.4, -0.2) is 4.57 Å². The predicted octanol–water partition coefficient (Wildman–Crippen LogP) is 9.16. The van der Waals surface area contributed by atoms with Crippen LogP contribution in [0, 0.1) is 23.7 Å². The fourth-order valence-corrected chi connectivity index (χ4v) is 9.75. The van der Waals surface area contributed by atoms with Gasteiger partial charge in [0.2, 0.25) is 0 Å². The second-order valence-corrected chi connectivity index (χ2v) is 12.4. The number of benzene rings is 4. The van der Waals surface area contributed by atoms with Gasteiger partial charge in [0.25, 0.3) is 0 Å². The largest absolute Gasteiger partial charge is 0.309 e. The van der Waals surface area contributed by atoms with E-state index in [0.717, 1.165) is 28.7 Å². The predicted molar refractivity (Wildman–Crippen MR) is 149 cm³/mol. The molecule has 5 aliphatic rings. The number of halogens is 1. The van der Waals surface area contributed by atoms with Crippen LogP contribution < -0.4 is 0 Å². The number of hydrogen-bond donors (Lipinski definition) is 0. The second-order valence-electron chi connectivity index (χ2n) is 11.9. The number of nitrogens with zero attached hydrogens (tertiary/aromatic N) is 1. The first kappa shape index (κ1) is 20.1. The van der Waals surface area contributed by atoms with Crippen molar-refractivity contribution in [2.24, 2.45) is 23.7 Å². The van der Waals surface area contributed by atoms with Gasteiger partial charge >= 0.3 is 0 Å². The van der Waals surface area contributed by atoms with Gasteiger partial charge in [-0.15, -0.1) is 0 Å². The molecule has 176 valence electrons. The molecule has 0 radical (unpaired) electrons. The topological polar surface area (TPSA) is 4.93 Å². The van der Waals surface area contributed by atoms with E-state index in [-0.39, 0.29) is 5.41 Å². The quantitative estimate of drug-likeness (QED) is 0.223. The van der Waals surface area contributed by atoms with Gasteiger partial charge in [-0.1, -0.05) is 66.2 Å². The molecule has 0 saturated heterocycles. The van der Waals surface area contributed by atoms with Gasteiger partial charge in [-0.2, -0.15) is 0 Å². The molecule has 4 fully saturated rings. The summed E-state index contributed by atoms with van der Waals surface area (Å²) in [7, 11) is 0. The van der Waals surface area contributed by atoms with Crippen molar-refractivity contribution in [3.8, 4) is 16.8 Å². The van der Waals surface area contributed by atoms with E-state index in [1.165, 1.54) is 70.7 Å². The van der Waals surface area contributed by atoms with Gasteiger partial charge in [-0.05, 0) is 108 Å². The van der Waals surface area contributed by atoms with Gasteiger partial charge in [0, 0.05) is 21.2 Å². The Bertz CT molecular complexity index is 1640. The minimum atomic E-state index is 0.103. The van der Waals surface area contributed by atoms with Crippen LogP contribution in [0.15, 0.2) is 84.9 Å². The van der Waals surface area contributed by atoms with Crippen LogP contribution in [0.5, 0.6) is 0 Å². The van der Waals surface area contributed by atoms with Gasteiger partial charge in [-0.3, -0.25) is 0 Å². The van der Waals surface area contributed by atoms with Crippen molar-refractivity contribution in [1.82, 2.24) is 4.57 Å². The summed E-state index contributed by atoms with van der Waals surface area (Å²) in [5, 5.41) is 3.52. The maximum absolute atomic E-state index is 6.66. The van der Waals surface area contributed by atoms with E-state index in [9.17, 15) is 0 Å². The molecule has 4 saturated carbocycles. The summed E-state index contributed by atoms with van der Waals surface area (Å²) in [6, 6.07) is 31.8. The van der Waals surface area contributed by atoms with Crippen LogP contribution in [0.25, 0.3) is 38.6 Å². The van der Waals surface area contributed by atoms with Crippen molar-refractivity contribution in [3.05, 3.63) is 101 Å². The molecule has 2 heteroatoms. The molecule has 0 unspecified atom stereocenters. The summed E-state index contributed by atoms with van der Waals surface area (Å²) in [6.07, 6.45) is 7.01. The molecule has 1 heterocycles. The number of para-hydroxylation sites is 2. The SMILES string of the molecule is Clc1ccc2c(c1)-c1cccc(-n3c4ccccc4c4ccccc43)c1C21C2CC3CC(C2)CC1C3. The minimum Gasteiger partial charge on any atom is -0.309 e. The lowest BCUT2D eigenvalue weighted by atomic mass is 9.43. The van der Waals surface area contributed by atoms with Crippen LogP contribution in [0.4, 0.5) is 0 Å². The molecule has 10 rings (SSSR count). The standard InChI is InChI=1S/C34H28ClN/c35-24-12-13-29-28(19-24)27-8-5-11-32(33(27)34(29)22-15-20-14-21(17-22)18-23(34)16-20)36-30-9-3-1-6-25(30)26-7-2-4-10-31(26)36/h1-13,19-23H,14-18H2. The first-order valence-electron chi connectivity index (χ1n) is 13.7. The molecule has 1 nitrogen and oxygen atoms in total. The zero-order valence-corrected chi connectivity index (χ0v) is 21.0. The molecule has 1 aromatic heterocycles. The zero-order chi connectivity index (χ0) is 23.6.